The number of aromatic carboxylic acids is 1. The van der Waals surface area contributed by atoms with Crippen molar-refractivity contribution >= 4 is 34.0 Å². The fraction of sp³-hybridized carbons (Fsp3) is 0.556. The zero-order valence-electron chi connectivity index (χ0n) is 8.82. The summed E-state index contributed by atoms with van der Waals surface area (Å²) in [7, 11) is 1.88. The number of carbonyl (C=O) groups is 1. The lowest BCUT2D eigenvalue weighted by Crippen LogP contribution is -2.22. The van der Waals surface area contributed by atoms with Crippen LogP contribution < -0.4 is 4.90 Å². The summed E-state index contributed by atoms with van der Waals surface area (Å²) in [6.07, 6.45) is 0. The normalized spacial score (nSPS) is 10.7. The Kier molecular flexibility index (Phi) is 3.93. The van der Waals surface area contributed by atoms with Crippen molar-refractivity contribution in [2.24, 2.45) is 5.92 Å². The molecule has 0 spiro atoms. The van der Waals surface area contributed by atoms with E-state index >= 15 is 0 Å². The molecule has 0 atom stereocenters. The highest BCUT2D eigenvalue weighted by molar-refractivity contribution is 7.18. The number of nitrogens with zero attached hydrogens (tertiary/aromatic N) is 2. The molecule has 1 heterocycles. The number of hydrogen-bond donors (Lipinski definition) is 1. The summed E-state index contributed by atoms with van der Waals surface area (Å²) in [5.41, 5.74) is 0. The maximum absolute atomic E-state index is 10.7. The van der Waals surface area contributed by atoms with Crippen LogP contribution in [0.1, 0.15) is 23.5 Å². The minimum Gasteiger partial charge on any atom is -0.477 e. The number of carboxylic acids is 1. The molecule has 0 saturated heterocycles. The SMILES string of the molecule is CC(C)CN(C)c1nc(Cl)c(C(=O)O)s1. The monoisotopic (exact) mass is 248 g/mol. The van der Waals surface area contributed by atoms with Crippen LogP contribution in [0.3, 0.4) is 0 Å². The van der Waals surface area contributed by atoms with Gasteiger partial charge in [-0.05, 0) is 5.92 Å². The average Bonchev–Trinajstić information content (AvgIpc) is 2.46. The highest BCUT2D eigenvalue weighted by Gasteiger charge is 2.17. The third-order valence-corrected chi connectivity index (χ3v) is 3.28. The molecule has 0 aromatic carbocycles. The van der Waals surface area contributed by atoms with Crippen LogP contribution in [0.4, 0.5) is 5.13 Å². The van der Waals surface area contributed by atoms with E-state index in [9.17, 15) is 4.79 Å². The highest BCUT2D eigenvalue weighted by atomic mass is 35.5. The molecule has 1 aromatic rings. The van der Waals surface area contributed by atoms with Crippen LogP contribution in [0.15, 0.2) is 0 Å². The van der Waals surface area contributed by atoms with Crippen molar-refractivity contribution in [3.05, 3.63) is 10.0 Å². The van der Waals surface area contributed by atoms with Gasteiger partial charge in [-0.2, -0.15) is 0 Å². The van der Waals surface area contributed by atoms with Crippen LogP contribution in [0, 0.1) is 5.92 Å². The van der Waals surface area contributed by atoms with Gasteiger partial charge in [0.15, 0.2) is 15.2 Å². The summed E-state index contributed by atoms with van der Waals surface area (Å²) < 4.78 is 0. The van der Waals surface area contributed by atoms with Gasteiger partial charge in [0.25, 0.3) is 0 Å². The third-order valence-electron chi connectivity index (χ3n) is 1.73. The molecule has 6 heteroatoms. The number of carboxylic acid groups (broad SMARTS) is 1. The second-order valence-electron chi connectivity index (χ2n) is 3.70. The van der Waals surface area contributed by atoms with E-state index in [1.165, 1.54) is 0 Å². The van der Waals surface area contributed by atoms with Gasteiger partial charge in [-0.1, -0.05) is 36.8 Å². The van der Waals surface area contributed by atoms with E-state index in [1.54, 1.807) is 0 Å². The van der Waals surface area contributed by atoms with Crippen molar-refractivity contribution in [2.45, 2.75) is 13.8 Å². The van der Waals surface area contributed by atoms with Crippen molar-refractivity contribution in [3.63, 3.8) is 0 Å². The molecule has 1 N–H and O–H groups in total. The lowest BCUT2D eigenvalue weighted by atomic mass is 10.2. The highest BCUT2D eigenvalue weighted by Crippen LogP contribution is 2.29. The molecule has 0 radical (unpaired) electrons. The summed E-state index contributed by atoms with van der Waals surface area (Å²) >= 11 is 6.81. The van der Waals surface area contributed by atoms with Crippen molar-refractivity contribution in [1.29, 1.82) is 0 Å². The van der Waals surface area contributed by atoms with Crippen molar-refractivity contribution in [3.8, 4) is 0 Å². The number of thiazole rings is 1. The van der Waals surface area contributed by atoms with Crippen LogP contribution in [-0.4, -0.2) is 29.7 Å². The molecule has 84 valence electrons. The van der Waals surface area contributed by atoms with Gasteiger partial charge >= 0.3 is 5.97 Å². The maximum atomic E-state index is 10.7. The van der Waals surface area contributed by atoms with E-state index in [0.717, 1.165) is 17.9 Å². The summed E-state index contributed by atoms with van der Waals surface area (Å²) in [6, 6.07) is 0. The average molecular weight is 249 g/mol. The van der Waals surface area contributed by atoms with Crippen molar-refractivity contribution in [1.82, 2.24) is 4.98 Å². The molecule has 0 saturated carbocycles. The van der Waals surface area contributed by atoms with Crippen molar-refractivity contribution < 1.29 is 9.90 Å². The molecule has 0 aliphatic rings. The summed E-state index contributed by atoms with van der Waals surface area (Å²) in [5, 5.41) is 9.52. The lowest BCUT2D eigenvalue weighted by Gasteiger charge is -2.17. The fourth-order valence-corrected chi connectivity index (χ4v) is 2.31. The predicted octanol–water partition coefficient (Wildman–Crippen LogP) is 2.59. The summed E-state index contributed by atoms with van der Waals surface area (Å²) in [5.74, 6) is -0.535. The van der Waals surface area contributed by atoms with Gasteiger partial charge in [0.1, 0.15) is 0 Å². The second kappa shape index (κ2) is 4.81. The summed E-state index contributed by atoms with van der Waals surface area (Å²) in [6.45, 7) is 5.00. The Morgan fingerprint density at radius 1 is 1.67 bits per heavy atom. The molecule has 15 heavy (non-hydrogen) atoms. The maximum Gasteiger partial charge on any atom is 0.349 e. The molecule has 0 fully saturated rings. The van der Waals surface area contributed by atoms with Gasteiger partial charge in [0.2, 0.25) is 0 Å². The Hall–Kier alpha value is -0.810. The first-order valence-corrected chi connectivity index (χ1v) is 5.72. The van der Waals surface area contributed by atoms with Gasteiger partial charge in [0, 0.05) is 13.6 Å². The van der Waals surface area contributed by atoms with Crippen LogP contribution >= 0.6 is 22.9 Å². The first-order valence-electron chi connectivity index (χ1n) is 4.52. The molecular formula is C9H13ClN2O2S. The van der Waals surface area contributed by atoms with Gasteiger partial charge < -0.3 is 10.0 Å². The van der Waals surface area contributed by atoms with E-state index in [2.05, 4.69) is 18.8 Å². The summed E-state index contributed by atoms with van der Waals surface area (Å²) in [4.78, 5) is 16.8. The molecule has 0 aliphatic heterocycles. The van der Waals surface area contributed by atoms with E-state index < -0.39 is 5.97 Å². The van der Waals surface area contributed by atoms with E-state index in [-0.39, 0.29) is 10.0 Å². The van der Waals surface area contributed by atoms with Gasteiger partial charge in [-0.3, -0.25) is 0 Å². The largest absolute Gasteiger partial charge is 0.477 e. The zero-order valence-corrected chi connectivity index (χ0v) is 10.4. The van der Waals surface area contributed by atoms with E-state index in [0.29, 0.717) is 11.0 Å². The number of halogens is 1. The number of aromatic nitrogens is 1. The standard InChI is InChI=1S/C9H13ClN2O2S/c1-5(2)4-12(3)9-11-7(10)6(15-9)8(13)14/h5H,4H2,1-3H3,(H,13,14). The minimum atomic E-state index is -1.03. The Morgan fingerprint density at radius 3 is 2.67 bits per heavy atom. The molecule has 0 amide bonds. The minimum absolute atomic E-state index is 0.0677. The van der Waals surface area contributed by atoms with Crippen LogP contribution in [0.2, 0.25) is 5.15 Å². The van der Waals surface area contributed by atoms with E-state index in [1.807, 2.05) is 11.9 Å². The quantitative estimate of drug-likeness (QED) is 0.890. The Labute approximate surface area is 97.5 Å². The van der Waals surface area contributed by atoms with Crippen LogP contribution in [0.5, 0.6) is 0 Å². The van der Waals surface area contributed by atoms with Gasteiger partial charge in [-0.15, -0.1) is 0 Å². The molecule has 1 aromatic heterocycles. The zero-order chi connectivity index (χ0) is 11.6. The Bertz CT molecular complexity index is 365. The number of rotatable bonds is 4. The van der Waals surface area contributed by atoms with Crippen LogP contribution in [-0.2, 0) is 0 Å². The molecule has 0 bridgehead atoms. The Balaban J connectivity index is 2.87. The lowest BCUT2D eigenvalue weighted by molar-refractivity contribution is 0.0702. The Morgan fingerprint density at radius 2 is 2.27 bits per heavy atom. The smallest absolute Gasteiger partial charge is 0.349 e. The molecule has 0 aliphatic carbocycles. The van der Waals surface area contributed by atoms with Gasteiger partial charge in [0.05, 0.1) is 0 Å². The fourth-order valence-electron chi connectivity index (χ4n) is 1.21. The number of anilines is 1. The van der Waals surface area contributed by atoms with Crippen LogP contribution in [0.25, 0.3) is 0 Å². The van der Waals surface area contributed by atoms with Gasteiger partial charge in [-0.25, -0.2) is 9.78 Å². The molecule has 1 rings (SSSR count). The first-order chi connectivity index (χ1) is 6.91. The number of hydrogen-bond acceptors (Lipinski definition) is 4. The first kappa shape index (κ1) is 12.3. The molecule has 0 unspecified atom stereocenters. The predicted molar refractivity (Wildman–Crippen MR) is 62.2 cm³/mol. The second-order valence-corrected chi connectivity index (χ2v) is 5.03. The van der Waals surface area contributed by atoms with Crippen molar-refractivity contribution in [2.75, 3.05) is 18.5 Å². The third kappa shape index (κ3) is 3.07. The molecule has 4 nitrogen and oxygen atoms in total. The van der Waals surface area contributed by atoms with E-state index in [4.69, 9.17) is 16.7 Å². The topological polar surface area (TPSA) is 53.4 Å². The molecular weight excluding hydrogens is 236 g/mol.